The predicted octanol–water partition coefficient (Wildman–Crippen LogP) is 2.69. The Hall–Kier alpha value is -1.29. The van der Waals surface area contributed by atoms with Crippen molar-refractivity contribution in [1.82, 2.24) is 4.98 Å². The Labute approximate surface area is 110 Å². The number of nitrogens with zero attached hydrogens (tertiary/aromatic N) is 1. The number of ether oxygens (including phenoxy) is 2. The SMILES string of the molecule is COc1nc(Cl)ccc1C12CCCC(C1)C(=O)O2. The molecular weight excluding hydrogens is 254 g/mol. The fraction of sp³-hybridized carbons (Fsp3) is 0.538. The van der Waals surface area contributed by atoms with Gasteiger partial charge in [-0.2, -0.15) is 0 Å². The molecule has 2 heterocycles. The second-order valence-electron chi connectivity index (χ2n) is 4.90. The molecule has 1 saturated carbocycles. The fourth-order valence-electron chi connectivity index (χ4n) is 3.03. The van der Waals surface area contributed by atoms with Crippen molar-refractivity contribution in [2.24, 2.45) is 5.92 Å². The van der Waals surface area contributed by atoms with E-state index in [0.29, 0.717) is 11.0 Å². The monoisotopic (exact) mass is 267 g/mol. The van der Waals surface area contributed by atoms with Gasteiger partial charge in [0.05, 0.1) is 18.6 Å². The molecule has 1 aromatic heterocycles. The molecule has 0 spiro atoms. The predicted molar refractivity (Wildman–Crippen MR) is 65.5 cm³/mol. The van der Waals surface area contributed by atoms with E-state index < -0.39 is 5.60 Å². The van der Waals surface area contributed by atoms with Crippen LogP contribution in [0.5, 0.6) is 5.88 Å². The van der Waals surface area contributed by atoms with Gasteiger partial charge >= 0.3 is 5.97 Å². The van der Waals surface area contributed by atoms with Gasteiger partial charge in [0.25, 0.3) is 0 Å². The van der Waals surface area contributed by atoms with Gasteiger partial charge in [0.15, 0.2) is 0 Å². The minimum absolute atomic E-state index is 0.0270. The van der Waals surface area contributed by atoms with E-state index in [1.165, 1.54) is 0 Å². The Bertz CT molecular complexity index is 505. The first-order chi connectivity index (χ1) is 8.64. The Morgan fingerprint density at radius 2 is 2.39 bits per heavy atom. The first kappa shape index (κ1) is 11.8. The van der Waals surface area contributed by atoms with Crippen LogP contribution in [0.3, 0.4) is 0 Å². The smallest absolute Gasteiger partial charge is 0.309 e. The number of halogens is 1. The van der Waals surface area contributed by atoms with Crippen molar-refractivity contribution in [1.29, 1.82) is 0 Å². The fourth-order valence-corrected chi connectivity index (χ4v) is 3.17. The zero-order valence-corrected chi connectivity index (χ0v) is 10.9. The number of fused-ring (bicyclic) bond motifs is 2. The summed E-state index contributed by atoms with van der Waals surface area (Å²) in [5.74, 6) is 0.390. The number of methoxy groups -OCH3 is 1. The van der Waals surface area contributed by atoms with E-state index >= 15 is 0 Å². The summed E-state index contributed by atoms with van der Waals surface area (Å²) in [6, 6.07) is 3.57. The molecule has 0 amide bonds. The van der Waals surface area contributed by atoms with Crippen LogP contribution in [0.1, 0.15) is 31.2 Å². The lowest BCUT2D eigenvalue weighted by Crippen LogP contribution is -2.28. The molecule has 0 aromatic carbocycles. The van der Waals surface area contributed by atoms with Gasteiger partial charge in [0, 0.05) is 6.42 Å². The number of aromatic nitrogens is 1. The summed E-state index contributed by atoms with van der Waals surface area (Å²) < 4.78 is 10.9. The van der Waals surface area contributed by atoms with Crippen molar-refractivity contribution in [2.75, 3.05) is 7.11 Å². The molecule has 96 valence electrons. The van der Waals surface area contributed by atoms with Crippen molar-refractivity contribution in [3.8, 4) is 5.88 Å². The van der Waals surface area contributed by atoms with E-state index in [2.05, 4.69) is 4.98 Å². The van der Waals surface area contributed by atoms with Crippen LogP contribution in [-0.2, 0) is 15.1 Å². The topological polar surface area (TPSA) is 48.4 Å². The molecule has 18 heavy (non-hydrogen) atoms. The Morgan fingerprint density at radius 1 is 1.56 bits per heavy atom. The lowest BCUT2D eigenvalue weighted by atomic mass is 9.77. The first-order valence-corrected chi connectivity index (χ1v) is 6.46. The highest BCUT2D eigenvalue weighted by molar-refractivity contribution is 6.29. The molecule has 5 heteroatoms. The van der Waals surface area contributed by atoms with Gasteiger partial charge in [0.2, 0.25) is 5.88 Å². The standard InChI is InChI=1S/C13H14ClNO3/c1-17-11-9(4-5-10(14)15-11)13-6-2-3-8(7-13)12(16)18-13/h4-5,8H,2-3,6-7H2,1H3. The van der Waals surface area contributed by atoms with E-state index in [-0.39, 0.29) is 11.9 Å². The van der Waals surface area contributed by atoms with Crippen molar-refractivity contribution >= 4 is 17.6 Å². The molecule has 2 fully saturated rings. The van der Waals surface area contributed by atoms with Gasteiger partial charge in [-0.05, 0) is 31.4 Å². The van der Waals surface area contributed by atoms with Crippen LogP contribution in [0.15, 0.2) is 12.1 Å². The third-order valence-electron chi connectivity index (χ3n) is 3.85. The van der Waals surface area contributed by atoms with E-state index in [1.807, 2.05) is 6.07 Å². The molecule has 3 rings (SSSR count). The molecule has 1 aromatic rings. The van der Waals surface area contributed by atoms with Gasteiger partial charge in [-0.1, -0.05) is 11.6 Å². The average molecular weight is 268 g/mol. The molecule has 2 aliphatic rings. The highest BCUT2D eigenvalue weighted by Crippen LogP contribution is 2.51. The normalized spacial score (nSPS) is 30.1. The molecule has 4 nitrogen and oxygen atoms in total. The average Bonchev–Trinajstić information content (AvgIpc) is 2.60. The van der Waals surface area contributed by atoms with Crippen molar-refractivity contribution in [3.63, 3.8) is 0 Å². The number of carbonyl (C=O) groups excluding carboxylic acids is 1. The summed E-state index contributed by atoms with van der Waals surface area (Å²) >= 11 is 5.86. The molecule has 0 N–H and O–H groups in total. The van der Waals surface area contributed by atoms with Crippen LogP contribution in [0.4, 0.5) is 0 Å². The summed E-state index contributed by atoms with van der Waals surface area (Å²) in [6.07, 6.45) is 3.46. The van der Waals surface area contributed by atoms with Gasteiger partial charge in [-0.25, -0.2) is 4.98 Å². The number of esters is 1. The molecule has 1 aliphatic carbocycles. The van der Waals surface area contributed by atoms with Crippen LogP contribution >= 0.6 is 11.6 Å². The summed E-state index contributed by atoms with van der Waals surface area (Å²) in [7, 11) is 1.55. The summed E-state index contributed by atoms with van der Waals surface area (Å²) in [4.78, 5) is 15.9. The maximum Gasteiger partial charge on any atom is 0.309 e. The molecule has 2 unspecified atom stereocenters. The van der Waals surface area contributed by atoms with Crippen LogP contribution < -0.4 is 4.74 Å². The third kappa shape index (κ3) is 1.67. The second kappa shape index (κ2) is 4.12. The lowest BCUT2D eigenvalue weighted by Gasteiger charge is -2.31. The molecular formula is C13H14ClNO3. The molecule has 1 saturated heterocycles. The van der Waals surface area contributed by atoms with E-state index in [4.69, 9.17) is 21.1 Å². The highest BCUT2D eigenvalue weighted by Gasteiger charge is 2.52. The minimum atomic E-state index is -0.553. The summed E-state index contributed by atoms with van der Waals surface area (Å²) in [6.45, 7) is 0. The quantitative estimate of drug-likeness (QED) is 0.611. The largest absolute Gasteiger partial charge is 0.481 e. The van der Waals surface area contributed by atoms with Gasteiger partial charge in [-0.15, -0.1) is 0 Å². The summed E-state index contributed by atoms with van der Waals surface area (Å²) in [5.41, 5.74) is 0.285. The minimum Gasteiger partial charge on any atom is -0.481 e. The Morgan fingerprint density at radius 3 is 3.17 bits per heavy atom. The lowest BCUT2D eigenvalue weighted by molar-refractivity contribution is -0.150. The molecule has 1 aliphatic heterocycles. The molecule has 0 radical (unpaired) electrons. The number of carbonyl (C=O) groups is 1. The number of hydrogen-bond donors (Lipinski definition) is 0. The zero-order chi connectivity index (χ0) is 12.8. The molecule has 2 atom stereocenters. The number of rotatable bonds is 2. The van der Waals surface area contributed by atoms with Crippen LogP contribution in [0, 0.1) is 5.92 Å². The van der Waals surface area contributed by atoms with Crippen LogP contribution in [0.25, 0.3) is 0 Å². The number of pyridine rings is 1. The maximum absolute atomic E-state index is 11.8. The Kier molecular flexibility index (Phi) is 2.70. The van der Waals surface area contributed by atoms with Crippen molar-refractivity contribution in [2.45, 2.75) is 31.3 Å². The maximum atomic E-state index is 11.8. The van der Waals surface area contributed by atoms with Crippen LogP contribution in [0.2, 0.25) is 5.15 Å². The van der Waals surface area contributed by atoms with Gasteiger partial charge in [-0.3, -0.25) is 4.79 Å². The molecule has 2 bridgehead atoms. The zero-order valence-electron chi connectivity index (χ0n) is 10.1. The third-order valence-corrected chi connectivity index (χ3v) is 4.06. The van der Waals surface area contributed by atoms with Crippen molar-refractivity contribution in [3.05, 3.63) is 22.8 Å². The first-order valence-electron chi connectivity index (χ1n) is 6.08. The highest BCUT2D eigenvalue weighted by atomic mass is 35.5. The van der Waals surface area contributed by atoms with E-state index in [0.717, 1.165) is 31.2 Å². The van der Waals surface area contributed by atoms with Crippen LogP contribution in [-0.4, -0.2) is 18.1 Å². The summed E-state index contributed by atoms with van der Waals surface area (Å²) in [5, 5.41) is 0.378. The van der Waals surface area contributed by atoms with Gasteiger partial charge < -0.3 is 9.47 Å². The number of hydrogen-bond acceptors (Lipinski definition) is 4. The second-order valence-corrected chi connectivity index (χ2v) is 5.29. The van der Waals surface area contributed by atoms with E-state index in [9.17, 15) is 4.79 Å². The van der Waals surface area contributed by atoms with Crippen molar-refractivity contribution < 1.29 is 14.3 Å². The van der Waals surface area contributed by atoms with E-state index in [1.54, 1.807) is 13.2 Å². The Balaban J connectivity index is 2.06. The van der Waals surface area contributed by atoms with Gasteiger partial charge in [0.1, 0.15) is 10.8 Å².